The number of ketones is 1. The molecule has 1 unspecified atom stereocenters. The molecule has 120 valence electrons. The van der Waals surface area contributed by atoms with Crippen molar-refractivity contribution in [3.63, 3.8) is 0 Å². The van der Waals surface area contributed by atoms with Gasteiger partial charge in [0.25, 0.3) is 0 Å². The van der Waals surface area contributed by atoms with Gasteiger partial charge >= 0.3 is 0 Å². The van der Waals surface area contributed by atoms with E-state index in [-0.39, 0.29) is 0 Å². The van der Waals surface area contributed by atoms with E-state index in [0.717, 1.165) is 18.8 Å². The first kappa shape index (κ1) is 19.7. The Kier molecular flexibility index (Phi) is 13.4. The molecule has 0 N–H and O–H groups in total. The van der Waals surface area contributed by atoms with Crippen LogP contribution in [0.3, 0.4) is 0 Å². The third-order valence-corrected chi connectivity index (χ3v) is 4.40. The second kappa shape index (κ2) is 13.6. The van der Waals surface area contributed by atoms with Crippen LogP contribution >= 0.6 is 0 Å². The summed E-state index contributed by atoms with van der Waals surface area (Å²) in [4.78, 5) is 11.3. The molecule has 0 fully saturated rings. The minimum Gasteiger partial charge on any atom is -0.300 e. The standard InChI is InChI=1S/C19H38O/c1-5-19(18(4)20)16-14-12-10-8-6-7-9-11-13-15-17(2)3/h17,19H,5-16H2,1-4H3. The Morgan fingerprint density at radius 2 is 1.15 bits per heavy atom. The molecule has 0 aromatic carbocycles. The lowest BCUT2D eigenvalue weighted by Crippen LogP contribution is -2.09. The van der Waals surface area contributed by atoms with E-state index in [1.807, 2.05) is 0 Å². The van der Waals surface area contributed by atoms with E-state index < -0.39 is 0 Å². The molecule has 0 aromatic rings. The van der Waals surface area contributed by atoms with Gasteiger partial charge in [0.15, 0.2) is 0 Å². The quantitative estimate of drug-likeness (QED) is 0.330. The van der Waals surface area contributed by atoms with Gasteiger partial charge in [-0.15, -0.1) is 0 Å². The molecule has 1 heteroatoms. The lowest BCUT2D eigenvalue weighted by molar-refractivity contribution is -0.121. The second-order valence-corrected chi connectivity index (χ2v) is 6.87. The molecule has 0 aliphatic carbocycles. The van der Waals surface area contributed by atoms with E-state index >= 15 is 0 Å². The first-order valence-electron chi connectivity index (χ1n) is 9.08. The molecule has 1 atom stereocenters. The molecule has 0 spiro atoms. The Bertz CT molecular complexity index is 220. The summed E-state index contributed by atoms with van der Waals surface area (Å²) in [6.07, 6.45) is 15.9. The third-order valence-electron chi connectivity index (χ3n) is 4.40. The Balaban J connectivity index is 3.19. The van der Waals surface area contributed by atoms with Crippen molar-refractivity contribution in [1.29, 1.82) is 0 Å². The van der Waals surface area contributed by atoms with E-state index in [4.69, 9.17) is 0 Å². The predicted octanol–water partition coefficient (Wildman–Crippen LogP) is 6.55. The van der Waals surface area contributed by atoms with Crippen molar-refractivity contribution in [2.45, 2.75) is 105 Å². The number of rotatable bonds is 14. The summed E-state index contributed by atoms with van der Waals surface area (Å²) in [5.74, 6) is 1.59. The predicted molar refractivity (Wildman–Crippen MR) is 90.1 cm³/mol. The smallest absolute Gasteiger partial charge is 0.132 e. The molecular weight excluding hydrogens is 244 g/mol. The van der Waals surface area contributed by atoms with Crippen molar-refractivity contribution < 1.29 is 4.79 Å². The van der Waals surface area contributed by atoms with Crippen LogP contribution in [0.4, 0.5) is 0 Å². The highest BCUT2D eigenvalue weighted by molar-refractivity contribution is 5.78. The topological polar surface area (TPSA) is 17.1 Å². The third kappa shape index (κ3) is 12.7. The van der Waals surface area contributed by atoms with Gasteiger partial charge in [-0.05, 0) is 25.7 Å². The van der Waals surface area contributed by atoms with Gasteiger partial charge in [0.05, 0.1) is 0 Å². The van der Waals surface area contributed by atoms with Crippen LogP contribution < -0.4 is 0 Å². The van der Waals surface area contributed by atoms with Crippen LogP contribution in [0.25, 0.3) is 0 Å². The Hall–Kier alpha value is -0.330. The maximum absolute atomic E-state index is 11.3. The molecule has 0 radical (unpaired) electrons. The van der Waals surface area contributed by atoms with E-state index in [2.05, 4.69) is 20.8 Å². The Morgan fingerprint density at radius 1 is 0.750 bits per heavy atom. The molecule has 0 bridgehead atoms. The summed E-state index contributed by atoms with van der Waals surface area (Å²) in [7, 11) is 0. The van der Waals surface area contributed by atoms with Crippen molar-refractivity contribution in [1.82, 2.24) is 0 Å². The summed E-state index contributed by atoms with van der Waals surface area (Å²) in [6.45, 7) is 8.50. The van der Waals surface area contributed by atoms with E-state index in [1.54, 1.807) is 6.92 Å². The highest BCUT2D eigenvalue weighted by Crippen LogP contribution is 2.17. The molecule has 0 heterocycles. The summed E-state index contributed by atoms with van der Waals surface area (Å²) in [5.41, 5.74) is 0. The second-order valence-electron chi connectivity index (χ2n) is 6.87. The Morgan fingerprint density at radius 3 is 1.50 bits per heavy atom. The lowest BCUT2D eigenvalue weighted by atomic mass is 9.94. The van der Waals surface area contributed by atoms with Gasteiger partial charge in [0.1, 0.15) is 5.78 Å². The van der Waals surface area contributed by atoms with Crippen molar-refractivity contribution in [3.8, 4) is 0 Å². The monoisotopic (exact) mass is 282 g/mol. The zero-order chi connectivity index (χ0) is 15.2. The van der Waals surface area contributed by atoms with Crippen molar-refractivity contribution >= 4 is 5.78 Å². The zero-order valence-corrected chi connectivity index (χ0v) is 14.5. The number of carbonyl (C=O) groups is 1. The van der Waals surface area contributed by atoms with Gasteiger partial charge in [-0.1, -0.05) is 85.0 Å². The minimum absolute atomic E-state index is 0.330. The largest absolute Gasteiger partial charge is 0.300 e. The SMILES string of the molecule is CCC(CCCCCCCCCCCC(C)C)C(C)=O. The highest BCUT2D eigenvalue weighted by Gasteiger charge is 2.10. The van der Waals surface area contributed by atoms with Crippen molar-refractivity contribution in [2.75, 3.05) is 0 Å². The molecule has 0 aliphatic rings. The molecule has 0 saturated carbocycles. The van der Waals surface area contributed by atoms with Gasteiger partial charge in [0.2, 0.25) is 0 Å². The molecule has 20 heavy (non-hydrogen) atoms. The maximum atomic E-state index is 11.3. The maximum Gasteiger partial charge on any atom is 0.132 e. The van der Waals surface area contributed by atoms with Crippen molar-refractivity contribution in [3.05, 3.63) is 0 Å². The number of Topliss-reactive ketones (excluding diaryl/α,β-unsaturated/α-hetero) is 1. The zero-order valence-electron chi connectivity index (χ0n) is 14.5. The van der Waals surface area contributed by atoms with Crippen LogP contribution in [0.15, 0.2) is 0 Å². The molecule has 0 aliphatic heterocycles. The Labute approximate surface area is 127 Å². The number of hydrogen-bond donors (Lipinski definition) is 0. The molecular formula is C19H38O. The minimum atomic E-state index is 0.330. The molecule has 1 nitrogen and oxygen atoms in total. The van der Waals surface area contributed by atoms with E-state index in [0.29, 0.717) is 11.7 Å². The normalized spacial score (nSPS) is 12.8. The molecule has 0 amide bonds. The van der Waals surface area contributed by atoms with Crippen LogP contribution in [-0.4, -0.2) is 5.78 Å². The van der Waals surface area contributed by atoms with Gasteiger partial charge in [-0.25, -0.2) is 0 Å². The average Bonchev–Trinajstić information content (AvgIpc) is 2.39. The molecule has 0 rings (SSSR count). The van der Waals surface area contributed by atoms with Crippen LogP contribution in [0, 0.1) is 11.8 Å². The van der Waals surface area contributed by atoms with E-state index in [9.17, 15) is 4.79 Å². The van der Waals surface area contributed by atoms with Crippen LogP contribution in [0.5, 0.6) is 0 Å². The van der Waals surface area contributed by atoms with Crippen LogP contribution in [0.1, 0.15) is 105 Å². The first-order valence-corrected chi connectivity index (χ1v) is 9.08. The molecule has 0 saturated heterocycles. The molecule has 0 aromatic heterocycles. The summed E-state index contributed by atoms with van der Waals surface area (Å²) in [5, 5.41) is 0. The number of hydrogen-bond acceptors (Lipinski definition) is 1. The summed E-state index contributed by atoms with van der Waals surface area (Å²) >= 11 is 0. The summed E-state index contributed by atoms with van der Waals surface area (Å²) in [6, 6.07) is 0. The lowest BCUT2D eigenvalue weighted by Gasteiger charge is -2.10. The highest BCUT2D eigenvalue weighted by atomic mass is 16.1. The fourth-order valence-electron chi connectivity index (χ4n) is 2.88. The number of carbonyl (C=O) groups excluding carboxylic acids is 1. The van der Waals surface area contributed by atoms with Gasteiger partial charge in [0, 0.05) is 5.92 Å². The fourth-order valence-corrected chi connectivity index (χ4v) is 2.88. The van der Waals surface area contributed by atoms with Gasteiger partial charge < -0.3 is 0 Å². The first-order chi connectivity index (χ1) is 9.57. The van der Waals surface area contributed by atoms with Crippen LogP contribution in [0.2, 0.25) is 0 Å². The number of unbranched alkanes of at least 4 members (excludes halogenated alkanes) is 8. The van der Waals surface area contributed by atoms with E-state index in [1.165, 1.54) is 64.2 Å². The fraction of sp³-hybridized carbons (Fsp3) is 0.947. The van der Waals surface area contributed by atoms with Crippen molar-refractivity contribution in [2.24, 2.45) is 11.8 Å². The van der Waals surface area contributed by atoms with Gasteiger partial charge in [-0.3, -0.25) is 4.79 Å². The van der Waals surface area contributed by atoms with Gasteiger partial charge in [-0.2, -0.15) is 0 Å². The summed E-state index contributed by atoms with van der Waals surface area (Å²) < 4.78 is 0. The average molecular weight is 283 g/mol. The van der Waals surface area contributed by atoms with Crippen LogP contribution in [-0.2, 0) is 4.79 Å².